The van der Waals surface area contributed by atoms with Gasteiger partial charge in [0.15, 0.2) is 4.87 Å². The van der Waals surface area contributed by atoms with E-state index >= 15 is 0 Å². The molecule has 0 heterocycles. The maximum atomic E-state index is 11.2. The van der Waals surface area contributed by atoms with Crippen molar-refractivity contribution in [3.8, 4) is 0 Å². The standard InChI is InChI=1S/C7H8Br2N3O/c1-11-12(13)6-3-4(8)2-5(9)7(6)10/h2-3H,10H2,1H3,(H,11,13)/q+1. The van der Waals surface area contributed by atoms with Crippen LogP contribution in [0.15, 0.2) is 21.1 Å². The van der Waals surface area contributed by atoms with Crippen LogP contribution in [-0.2, 0) is 0 Å². The van der Waals surface area contributed by atoms with Crippen LogP contribution in [0.3, 0.4) is 0 Å². The quantitative estimate of drug-likeness (QED) is 0.501. The van der Waals surface area contributed by atoms with Crippen molar-refractivity contribution in [2.75, 3.05) is 12.8 Å². The maximum Gasteiger partial charge on any atom is 0.316 e. The van der Waals surface area contributed by atoms with Crippen LogP contribution < -0.4 is 11.2 Å². The number of halogens is 2. The van der Waals surface area contributed by atoms with Crippen molar-refractivity contribution in [2.45, 2.75) is 0 Å². The molecule has 6 heteroatoms. The highest BCUT2D eigenvalue weighted by molar-refractivity contribution is 9.11. The number of nitroso groups, excluding NO2 is 1. The van der Waals surface area contributed by atoms with Gasteiger partial charge in [-0.3, -0.25) is 0 Å². The van der Waals surface area contributed by atoms with E-state index in [1.165, 1.54) is 7.05 Å². The number of nitrogens with zero attached hydrogens (tertiary/aromatic N) is 1. The van der Waals surface area contributed by atoms with E-state index in [1.54, 1.807) is 12.1 Å². The molecule has 0 aliphatic carbocycles. The highest BCUT2D eigenvalue weighted by Gasteiger charge is 2.19. The lowest BCUT2D eigenvalue weighted by Gasteiger charge is -1.99. The summed E-state index contributed by atoms with van der Waals surface area (Å²) in [6.45, 7) is 0. The van der Waals surface area contributed by atoms with Gasteiger partial charge in [0.05, 0.1) is 12.0 Å². The van der Waals surface area contributed by atoms with E-state index in [0.29, 0.717) is 20.7 Å². The number of anilines is 1. The van der Waals surface area contributed by atoms with Crippen molar-refractivity contribution in [1.82, 2.24) is 5.43 Å². The van der Waals surface area contributed by atoms with Gasteiger partial charge in [-0.25, -0.2) is 0 Å². The Labute approximate surface area is 92.3 Å². The number of hydrazine groups is 1. The maximum absolute atomic E-state index is 11.2. The van der Waals surface area contributed by atoms with Crippen molar-refractivity contribution in [3.63, 3.8) is 0 Å². The van der Waals surface area contributed by atoms with Gasteiger partial charge in [-0.15, -0.1) is 5.43 Å². The summed E-state index contributed by atoms with van der Waals surface area (Å²) in [4.78, 5) is 11.8. The van der Waals surface area contributed by atoms with Gasteiger partial charge >= 0.3 is 5.69 Å². The number of benzene rings is 1. The van der Waals surface area contributed by atoms with Crippen LogP contribution in [0.5, 0.6) is 0 Å². The second kappa shape index (κ2) is 4.06. The molecule has 0 aromatic heterocycles. The van der Waals surface area contributed by atoms with E-state index in [9.17, 15) is 4.91 Å². The average molecular weight is 310 g/mol. The van der Waals surface area contributed by atoms with Crippen LogP contribution >= 0.6 is 31.9 Å². The summed E-state index contributed by atoms with van der Waals surface area (Å²) in [5.41, 5.74) is 8.90. The largest absolute Gasteiger partial charge is 0.392 e. The SMILES string of the molecule is CN[N+](=O)c1cc(Br)cc(Br)c1N. The molecule has 0 radical (unpaired) electrons. The third kappa shape index (κ3) is 2.19. The number of nitrogens with one attached hydrogen (secondary N) is 1. The topological polar surface area (TPSA) is 58.1 Å². The molecular formula is C7H8Br2N3O+. The van der Waals surface area contributed by atoms with Crippen molar-refractivity contribution in [1.29, 1.82) is 0 Å². The van der Waals surface area contributed by atoms with Gasteiger partial charge in [0.2, 0.25) is 0 Å². The second-order valence-corrected chi connectivity index (χ2v) is 4.11. The average Bonchev–Trinajstić information content (AvgIpc) is 2.10. The molecule has 1 aromatic carbocycles. The number of hydrogen-bond donors (Lipinski definition) is 2. The summed E-state index contributed by atoms with van der Waals surface area (Å²) < 4.78 is 1.48. The number of rotatable bonds is 2. The van der Waals surface area contributed by atoms with Crippen molar-refractivity contribution >= 4 is 43.2 Å². The molecule has 0 aliphatic heterocycles. The summed E-state index contributed by atoms with van der Waals surface area (Å²) in [6.07, 6.45) is 0. The first kappa shape index (κ1) is 10.5. The minimum absolute atomic E-state index is 0.378. The number of nitrogen functional groups attached to an aromatic ring is 1. The molecule has 4 nitrogen and oxygen atoms in total. The molecule has 0 atom stereocenters. The van der Waals surface area contributed by atoms with E-state index < -0.39 is 0 Å². The van der Waals surface area contributed by atoms with E-state index in [-0.39, 0.29) is 0 Å². The summed E-state index contributed by atoms with van der Waals surface area (Å²) in [5, 5.41) is 0. The summed E-state index contributed by atoms with van der Waals surface area (Å²) in [5.74, 6) is 0. The van der Waals surface area contributed by atoms with Gasteiger partial charge in [0, 0.05) is 15.0 Å². The Hall–Kier alpha value is -0.620. The predicted molar refractivity (Wildman–Crippen MR) is 58.6 cm³/mol. The predicted octanol–water partition coefficient (Wildman–Crippen LogP) is 2.34. The fraction of sp³-hybridized carbons (Fsp3) is 0.143. The van der Waals surface area contributed by atoms with Crippen LogP contribution in [0, 0.1) is 4.91 Å². The van der Waals surface area contributed by atoms with Gasteiger partial charge in [0.25, 0.3) is 0 Å². The smallest absolute Gasteiger partial charge is 0.316 e. The Kier molecular flexibility index (Phi) is 3.27. The third-order valence-corrected chi connectivity index (χ3v) is 2.61. The Morgan fingerprint density at radius 3 is 2.62 bits per heavy atom. The lowest BCUT2D eigenvalue weighted by molar-refractivity contribution is -0.522. The third-order valence-electron chi connectivity index (χ3n) is 1.49. The fourth-order valence-electron chi connectivity index (χ4n) is 0.860. The lowest BCUT2D eigenvalue weighted by atomic mass is 10.3. The minimum atomic E-state index is 0.378. The summed E-state index contributed by atoms with van der Waals surface area (Å²) in [6, 6.07) is 3.42. The molecule has 0 saturated carbocycles. The van der Waals surface area contributed by atoms with Gasteiger partial charge in [0.1, 0.15) is 5.69 Å². The molecule has 70 valence electrons. The number of nitrogens with two attached hydrogens (primary N) is 1. The Balaban J connectivity index is 3.28. The van der Waals surface area contributed by atoms with Crippen LogP contribution in [0.2, 0.25) is 0 Å². The van der Waals surface area contributed by atoms with Crippen LogP contribution in [0.25, 0.3) is 0 Å². The zero-order chi connectivity index (χ0) is 10.0. The molecule has 0 aliphatic rings. The molecule has 0 bridgehead atoms. The van der Waals surface area contributed by atoms with Gasteiger partial charge in [-0.1, -0.05) is 15.9 Å². The first-order valence-corrected chi connectivity index (χ1v) is 5.04. The van der Waals surface area contributed by atoms with Crippen LogP contribution in [0.1, 0.15) is 0 Å². The zero-order valence-electron chi connectivity index (χ0n) is 6.84. The molecule has 0 amide bonds. The Bertz CT molecular complexity index is 354. The van der Waals surface area contributed by atoms with E-state index in [2.05, 4.69) is 37.3 Å². The highest BCUT2D eigenvalue weighted by atomic mass is 79.9. The molecule has 3 N–H and O–H groups in total. The van der Waals surface area contributed by atoms with Crippen LogP contribution in [-0.4, -0.2) is 11.9 Å². The highest BCUT2D eigenvalue weighted by Crippen LogP contribution is 2.32. The Morgan fingerprint density at radius 1 is 1.46 bits per heavy atom. The first-order valence-electron chi connectivity index (χ1n) is 3.45. The fourth-order valence-corrected chi connectivity index (χ4v) is 2.06. The Morgan fingerprint density at radius 2 is 2.08 bits per heavy atom. The van der Waals surface area contributed by atoms with Crippen molar-refractivity contribution in [3.05, 3.63) is 26.0 Å². The van der Waals surface area contributed by atoms with E-state index in [1.807, 2.05) is 0 Å². The van der Waals surface area contributed by atoms with E-state index in [0.717, 1.165) is 4.47 Å². The first-order chi connectivity index (χ1) is 6.06. The van der Waals surface area contributed by atoms with Crippen LogP contribution in [0.4, 0.5) is 11.4 Å². The normalized spacial score (nSPS) is 9.77. The molecule has 13 heavy (non-hydrogen) atoms. The molecule has 0 fully saturated rings. The summed E-state index contributed by atoms with van der Waals surface area (Å²) in [7, 11) is 1.53. The molecular weight excluding hydrogens is 302 g/mol. The van der Waals surface area contributed by atoms with Crippen molar-refractivity contribution in [2.24, 2.45) is 0 Å². The molecule has 0 saturated heterocycles. The van der Waals surface area contributed by atoms with Gasteiger partial charge < -0.3 is 5.73 Å². The zero-order valence-corrected chi connectivity index (χ0v) is 10.0. The molecule has 0 spiro atoms. The number of hydrogen-bond acceptors (Lipinski definition) is 2. The van der Waals surface area contributed by atoms with Gasteiger partial charge in [-0.2, -0.15) is 0 Å². The second-order valence-electron chi connectivity index (χ2n) is 2.34. The summed E-state index contributed by atoms with van der Waals surface area (Å²) >= 11 is 6.51. The van der Waals surface area contributed by atoms with Gasteiger partial charge in [-0.05, 0) is 22.0 Å². The molecule has 1 rings (SSSR count). The van der Waals surface area contributed by atoms with Crippen molar-refractivity contribution < 1.29 is 4.87 Å². The monoisotopic (exact) mass is 308 g/mol. The molecule has 0 unspecified atom stereocenters. The lowest BCUT2D eigenvalue weighted by Crippen LogP contribution is -2.17. The molecule has 1 aromatic rings. The minimum Gasteiger partial charge on any atom is -0.392 e. The van der Waals surface area contributed by atoms with E-state index in [4.69, 9.17) is 5.73 Å².